The van der Waals surface area contributed by atoms with Gasteiger partial charge in [0.2, 0.25) is 0 Å². The summed E-state index contributed by atoms with van der Waals surface area (Å²) >= 11 is 0. The highest BCUT2D eigenvalue weighted by Crippen LogP contribution is 2.34. The summed E-state index contributed by atoms with van der Waals surface area (Å²) < 4.78 is 18.5. The van der Waals surface area contributed by atoms with Gasteiger partial charge in [0, 0.05) is 51.6 Å². The highest BCUT2D eigenvalue weighted by molar-refractivity contribution is 6.08. The summed E-state index contributed by atoms with van der Waals surface area (Å²) in [6.07, 6.45) is 8.22. The second-order valence-corrected chi connectivity index (χ2v) is 21.3. The second kappa shape index (κ2) is 37.1. The molecule has 1 saturated carbocycles. The van der Waals surface area contributed by atoms with Crippen molar-refractivity contribution in [3.63, 3.8) is 0 Å². The predicted octanol–water partition coefficient (Wildman–Crippen LogP) is 11.7. The lowest BCUT2D eigenvalue weighted by atomic mass is 9.75. The average molecular weight is 999 g/mol. The summed E-state index contributed by atoms with van der Waals surface area (Å²) in [7, 11) is 8.80. The Balaban J connectivity index is 0. The lowest BCUT2D eigenvalue weighted by molar-refractivity contribution is -0.156. The highest BCUT2D eigenvalue weighted by Gasteiger charge is 2.40. The molecule has 2 radical (unpaired) electrons. The van der Waals surface area contributed by atoms with Crippen molar-refractivity contribution in [2.24, 2.45) is 53.3 Å². The second-order valence-electron chi connectivity index (χ2n) is 21.3. The van der Waals surface area contributed by atoms with Crippen LogP contribution in [0.3, 0.4) is 0 Å². The van der Waals surface area contributed by atoms with E-state index < -0.39 is 60.5 Å². The number of hydrogen-bond acceptors (Lipinski definition) is 9. The number of carbonyl (C=O) groups is 6. The molecule has 1 aliphatic carbocycles. The van der Waals surface area contributed by atoms with E-state index in [9.17, 15) is 28.8 Å². The van der Waals surface area contributed by atoms with Gasteiger partial charge >= 0.3 is 5.97 Å². The maximum Gasteiger partial charge on any atom is 0.309 e. The SMILES string of the molecule is C=C=C1O[C@H](CCC)C(=O)N(C)[C@@H](CC(C)C)C(=O)C[C@@H]2C[C@@H](OC(=C)[C@H](CC(C)C)N(C)C(=O)COC(=O)[C@H](CC(C)C)CCC2=O)C(=O)C[C@H]1CC(C)C.CC.CC.O.[B]CC1CCC(CC)CC1. The van der Waals surface area contributed by atoms with Gasteiger partial charge in [-0.1, -0.05) is 161 Å². The predicted molar refractivity (Wildman–Crippen MR) is 290 cm³/mol. The number of hydrogen-bond donors (Lipinski definition) is 0. The summed E-state index contributed by atoms with van der Waals surface area (Å²) in [5.74, 6) is -1.73. The van der Waals surface area contributed by atoms with E-state index in [2.05, 4.69) is 25.8 Å². The van der Waals surface area contributed by atoms with Crippen molar-refractivity contribution in [1.82, 2.24) is 9.80 Å². The minimum Gasteiger partial charge on any atom is -0.485 e. The zero-order valence-electron chi connectivity index (χ0n) is 47.8. The molecule has 2 saturated heterocycles. The Labute approximate surface area is 434 Å². The van der Waals surface area contributed by atoms with Crippen LogP contribution in [0.1, 0.15) is 200 Å². The molecule has 2 N–H and O–H groups in total. The standard InChI is InChI=1S/C45H72N2O9.C9H17B.2C2H6.H2O/c1-14-16-41-44(52)47(13)36(22-30(9)10)38(49)23-33-25-42(39(50)24-34(20-28(5)6)40(15-2)56-41)55-31(11)35(21-29(7)8)46(12)43(51)26-54-45(53)32(19-27(3)4)17-18-37(33)48;1-2-8-3-5-9(7-10)6-4-8;2*1-2;/h27-30,32-36,41-42H,2,11,14,16-26H2,1,3-10,12-13H3;8-9H,2-7H2,1H3;2*1-2H3;1H2/t32-,33+,34+,35-,36-,41+,42+;;;;/m0..../s1. The van der Waals surface area contributed by atoms with E-state index in [0.717, 1.165) is 18.2 Å². The third-order valence-electron chi connectivity index (χ3n) is 13.8. The topological polar surface area (TPSA) is 168 Å². The van der Waals surface area contributed by atoms with Gasteiger partial charge in [-0.25, -0.2) is 0 Å². The first-order chi connectivity index (χ1) is 33.1. The molecule has 3 aliphatic rings. The van der Waals surface area contributed by atoms with Crippen LogP contribution in [0.2, 0.25) is 6.32 Å². The Hall–Kier alpha value is -3.70. The van der Waals surface area contributed by atoms with E-state index in [-0.39, 0.29) is 90.3 Å². The fourth-order valence-electron chi connectivity index (χ4n) is 9.74. The number of esters is 1. The largest absolute Gasteiger partial charge is 0.485 e. The van der Waals surface area contributed by atoms with Crippen LogP contribution < -0.4 is 0 Å². The summed E-state index contributed by atoms with van der Waals surface area (Å²) in [6, 6.07) is -1.54. The monoisotopic (exact) mass is 999 g/mol. The van der Waals surface area contributed by atoms with Gasteiger partial charge in [0.05, 0.1) is 25.8 Å². The average Bonchev–Trinajstić information content (AvgIpc) is 3.33. The number of fused-ring (bicyclic) bond motifs is 2. The van der Waals surface area contributed by atoms with Gasteiger partial charge in [0.1, 0.15) is 17.3 Å². The molecule has 12 nitrogen and oxygen atoms in total. The Morgan fingerprint density at radius 2 is 1.20 bits per heavy atom. The third kappa shape index (κ3) is 24.7. The summed E-state index contributed by atoms with van der Waals surface area (Å²) in [6.45, 7) is 35.8. The van der Waals surface area contributed by atoms with E-state index in [4.69, 9.17) is 22.1 Å². The molecule has 0 spiro atoms. The van der Waals surface area contributed by atoms with Crippen LogP contribution >= 0.6 is 0 Å². The fraction of sp³-hybridized carbons (Fsp3) is 0.810. The molecule has 0 aromatic carbocycles. The number of allylic oxidation sites excluding steroid dienone is 1. The van der Waals surface area contributed by atoms with Gasteiger partial charge in [-0.05, 0) is 74.0 Å². The molecule has 408 valence electrons. The number of Topliss-reactive ketones (excluding diaryl/α,β-unsaturated/α-hetero) is 3. The molecule has 2 aliphatic heterocycles. The number of likely N-dealkylation sites (N-methyl/N-ethyl adjacent to an activating group) is 2. The van der Waals surface area contributed by atoms with Crippen molar-refractivity contribution in [2.45, 2.75) is 230 Å². The molecular formula is C58H103BN2O10. The number of nitrogens with zero attached hydrogens (tertiary/aromatic N) is 2. The molecular weight excluding hydrogens is 895 g/mol. The Morgan fingerprint density at radius 3 is 1.69 bits per heavy atom. The van der Waals surface area contributed by atoms with Crippen molar-refractivity contribution in [3.8, 4) is 0 Å². The molecule has 3 rings (SSSR count). The molecule has 0 aromatic heterocycles. The van der Waals surface area contributed by atoms with Crippen LogP contribution in [0.4, 0.5) is 0 Å². The van der Waals surface area contributed by atoms with Crippen LogP contribution in [-0.4, -0.2) is 103 Å². The van der Waals surface area contributed by atoms with Crippen LogP contribution in [0.25, 0.3) is 0 Å². The lowest BCUT2D eigenvalue weighted by Gasteiger charge is -2.35. The van der Waals surface area contributed by atoms with E-state index in [1.54, 1.807) is 14.1 Å². The lowest BCUT2D eigenvalue weighted by Crippen LogP contribution is -2.49. The molecule has 2 bridgehead atoms. The number of amides is 2. The van der Waals surface area contributed by atoms with E-state index in [0.29, 0.717) is 44.3 Å². The van der Waals surface area contributed by atoms with Crippen molar-refractivity contribution in [2.75, 3.05) is 20.7 Å². The first-order valence-corrected chi connectivity index (χ1v) is 27.5. The molecule has 3 fully saturated rings. The number of carbonyl (C=O) groups excluding carboxylic acids is 6. The zero-order chi connectivity index (χ0) is 53.8. The van der Waals surface area contributed by atoms with Gasteiger partial charge in [0.25, 0.3) is 11.8 Å². The summed E-state index contributed by atoms with van der Waals surface area (Å²) in [5, 5.41) is 0. The number of rotatable bonds is 12. The normalized spacial score (nSPS) is 26.7. The smallest absolute Gasteiger partial charge is 0.309 e. The Bertz CT molecular complexity index is 1630. The van der Waals surface area contributed by atoms with Crippen LogP contribution in [0.15, 0.2) is 30.4 Å². The fourth-order valence-corrected chi connectivity index (χ4v) is 9.74. The number of ether oxygens (including phenoxy) is 3. The maximum atomic E-state index is 14.7. The number of ketones is 3. The van der Waals surface area contributed by atoms with Gasteiger partial charge in [0.15, 0.2) is 30.4 Å². The molecule has 2 amide bonds. The van der Waals surface area contributed by atoms with Crippen molar-refractivity contribution in [1.29, 1.82) is 0 Å². The van der Waals surface area contributed by atoms with Gasteiger partial charge in [-0.3, -0.25) is 28.8 Å². The molecule has 7 atom stereocenters. The van der Waals surface area contributed by atoms with E-state index >= 15 is 0 Å². The summed E-state index contributed by atoms with van der Waals surface area (Å²) in [5.41, 5.74) is 2.90. The Morgan fingerprint density at radius 1 is 0.676 bits per heavy atom. The molecule has 0 unspecified atom stereocenters. The molecule has 71 heavy (non-hydrogen) atoms. The molecule has 2 heterocycles. The quantitative estimate of drug-likeness (QED) is 0.105. The van der Waals surface area contributed by atoms with Crippen LogP contribution in [0, 0.1) is 53.3 Å². The van der Waals surface area contributed by atoms with Gasteiger partial charge in [-0.15, -0.1) is 0 Å². The van der Waals surface area contributed by atoms with Crippen LogP contribution in [0.5, 0.6) is 0 Å². The van der Waals surface area contributed by atoms with E-state index in [1.807, 2.05) is 90.0 Å². The van der Waals surface area contributed by atoms with Crippen LogP contribution in [-0.2, 0) is 43.0 Å². The van der Waals surface area contributed by atoms with E-state index in [1.165, 1.54) is 41.9 Å². The molecule has 13 heteroatoms. The molecule has 0 aromatic rings. The summed E-state index contributed by atoms with van der Waals surface area (Å²) in [4.78, 5) is 87.7. The minimum atomic E-state index is -1.20. The first kappa shape index (κ1) is 69.4. The van der Waals surface area contributed by atoms with Crippen molar-refractivity contribution in [3.05, 3.63) is 30.4 Å². The number of cyclic esters (lactones) is 1. The minimum absolute atomic E-state index is 0. The maximum absolute atomic E-state index is 14.7. The highest BCUT2D eigenvalue weighted by atomic mass is 16.5. The first-order valence-electron chi connectivity index (χ1n) is 27.5. The zero-order valence-corrected chi connectivity index (χ0v) is 47.8. The van der Waals surface area contributed by atoms with Gasteiger partial charge < -0.3 is 29.5 Å². The van der Waals surface area contributed by atoms with Crippen molar-refractivity contribution >= 4 is 43.0 Å². The van der Waals surface area contributed by atoms with Crippen molar-refractivity contribution < 1.29 is 48.5 Å². The third-order valence-corrected chi connectivity index (χ3v) is 13.8. The Kier molecular flexibility index (Phi) is 36.3. The van der Waals surface area contributed by atoms with Gasteiger partial charge in [-0.2, -0.15) is 0 Å².